The van der Waals surface area contributed by atoms with Gasteiger partial charge in [0.2, 0.25) is 0 Å². The Kier molecular flexibility index (Phi) is 7.75. The molecule has 0 aliphatic carbocycles. The van der Waals surface area contributed by atoms with Crippen LogP contribution in [0.3, 0.4) is 0 Å². The number of hydrogen-bond donors (Lipinski definition) is 1. The molecule has 4 nitrogen and oxygen atoms in total. The number of rotatable bonds is 6. The molecule has 0 unspecified atom stereocenters. The Bertz CT molecular complexity index is 1190. The molecule has 0 saturated heterocycles. The van der Waals surface area contributed by atoms with Gasteiger partial charge in [0.25, 0.3) is 5.91 Å². The second-order valence-corrected chi connectivity index (χ2v) is 8.28. The van der Waals surface area contributed by atoms with Gasteiger partial charge >= 0.3 is 0 Å². The van der Waals surface area contributed by atoms with Crippen LogP contribution in [0.25, 0.3) is 6.08 Å². The lowest BCUT2D eigenvalue weighted by Gasteiger charge is -2.13. The molecule has 31 heavy (non-hydrogen) atoms. The number of ether oxygens (including phenoxy) is 1. The van der Waals surface area contributed by atoms with Gasteiger partial charge in [0.15, 0.2) is 0 Å². The first-order valence-corrected chi connectivity index (χ1v) is 10.7. The van der Waals surface area contributed by atoms with Gasteiger partial charge in [0.05, 0.1) is 7.11 Å². The maximum absolute atomic E-state index is 12.5. The molecule has 0 saturated carbocycles. The Balaban J connectivity index is 1.89. The molecule has 0 fully saturated rings. The van der Waals surface area contributed by atoms with Crippen molar-refractivity contribution in [2.75, 3.05) is 12.4 Å². The molecule has 3 aromatic carbocycles. The van der Waals surface area contributed by atoms with Crippen molar-refractivity contribution >= 4 is 56.8 Å². The SMILES string of the molecule is COc1cc(/C=C(\C#N)C(=O)Nc2ccc(Cl)cc2)cc(Br)c1Cc1ccccc1Cl. The number of carbonyl (C=O) groups is 1. The van der Waals surface area contributed by atoms with Gasteiger partial charge in [0, 0.05) is 32.2 Å². The Morgan fingerprint density at radius 3 is 2.52 bits per heavy atom. The summed E-state index contributed by atoms with van der Waals surface area (Å²) in [5.41, 5.74) is 3.03. The topological polar surface area (TPSA) is 62.1 Å². The highest BCUT2D eigenvalue weighted by molar-refractivity contribution is 9.10. The minimum Gasteiger partial charge on any atom is -0.496 e. The van der Waals surface area contributed by atoms with Crippen LogP contribution in [-0.2, 0) is 11.2 Å². The third-order valence-corrected chi connectivity index (χ3v) is 5.83. The molecule has 156 valence electrons. The minimum absolute atomic E-state index is 0.0391. The van der Waals surface area contributed by atoms with E-state index in [-0.39, 0.29) is 5.57 Å². The summed E-state index contributed by atoms with van der Waals surface area (Å²) in [6.07, 6.45) is 2.08. The monoisotopic (exact) mass is 514 g/mol. The molecule has 0 aliphatic heterocycles. The fourth-order valence-electron chi connectivity index (χ4n) is 2.95. The predicted molar refractivity (Wildman–Crippen MR) is 129 cm³/mol. The van der Waals surface area contributed by atoms with E-state index in [1.807, 2.05) is 36.4 Å². The van der Waals surface area contributed by atoms with Crippen LogP contribution >= 0.6 is 39.1 Å². The Morgan fingerprint density at radius 1 is 1.16 bits per heavy atom. The van der Waals surface area contributed by atoms with Crippen molar-refractivity contribution in [1.82, 2.24) is 0 Å². The summed E-state index contributed by atoms with van der Waals surface area (Å²) in [5.74, 6) is 0.107. The van der Waals surface area contributed by atoms with Crippen LogP contribution in [0.15, 0.2) is 70.7 Å². The maximum Gasteiger partial charge on any atom is 0.266 e. The number of nitriles is 1. The van der Waals surface area contributed by atoms with Gasteiger partial charge in [-0.1, -0.05) is 57.3 Å². The Hall–Kier alpha value is -2.78. The number of halogens is 3. The number of methoxy groups -OCH3 is 1. The first-order chi connectivity index (χ1) is 14.9. The first kappa shape index (κ1) is 22.9. The number of amides is 1. The van der Waals surface area contributed by atoms with E-state index in [9.17, 15) is 10.1 Å². The molecule has 0 radical (unpaired) electrons. The zero-order valence-corrected chi connectivity index (χ0v) is 19.6. The molecule has 1 N–H and O–H groups in total. The van der Waals surface area contributed by atoms with Crippen molar-refractivity contribution in [3.8, 4) is 11.8 Å². The van der Waals surface area contributed by atoms with Gasteiger partial charge in [-0.05, 0) is 59.7 Å². The molecule has 0 heterocycles. The molecule has 0 spiro atoms. The van der Waals surface area contributed by atoms with E-state index in [4.69, 9.17) is 27.9 Å². The fraction of sp³-hybridized carbons (Fsp3) is 0.0833. The van der Waals surface area contributed by atoms with Crippen molar-refractivity contribution in [2.24, 2.45) is 0 Å². The zero-order valence-electron chi connectivity index (χ0n) is 16.5. The quantitative estimate of drug-likeness (QED) is 0.287. The van der Waals surface area contributed by atoms with Gasteiger partial charge in [-0.3, -0.25) is 4.79 Å². The largest absolute Gasteiger partial charge is 0.496 e. The van der Waals surface area contributed by atoms with E-state index in [0.29, 0.717) is 33.5 Å². The molecule has 0 aromatic heterocycles. The van der Waals surface area contributed by atoms with Crippen LogP contribution in [0.1, 0.15) is 16.7 Å². The van der Waals surface area contributed by atoms with Gasteiger partial charge in [-0.25, -0.2) is 0 Å². The Labute approximate surface area is 199 Å². The van der Waals surface area contributed by atoms with Crippen LogP contribution in [-0.4, -0.2) is 13.0 Å². The van der Waals surface area contributed by atoms with Crippen LogP contribution in [0.2, 0.25) is 10.0 Å². The first-order valence-electron chi connectivity index (χ1n) is 9.19. The summed E-state index contributed by atoms with van der Waals surface area (Å²) in [7, 11) is 1.57. The summed E-state index contributed by atoms with van der Waals surface area (Å²) >= 11 is 15.7. The number of carbonyl (C=O) groups excluding carboxylic acids is 1. The van der Waals surface area contributed by atoms with E-state index in [1.165, 1.54) is 6.08 Å². The number of benzene rings is 3. The summed E-state index contributed by atoms with van der Waals surface area (Å²) in [6.45, 7) is 0. The molecule has 0 aliphatic rings. The maximum atomic E-state index is 12.5. The smallest absolute Gasteiger partial charge is 0.266 e. The Morgan fingerprint density at radius 2 is 1.87 bits per heavy atom. The highest BCUT2D eigenvalue weighted by Crippen LogP contribution is 2.33. The normalized spacial score (nSPS) is 11.0. The molecule has 0 atom stereocenters. The van der Waals surface area contributed by atoms with Crippen LogP contribution in [0, 0.1) is 11.3 Å². The second kappa shape index (κ2) is 10.5. The van der Waals surface area contributed by atoms with Gasteiger partial charge in [-0.2, -0.15) is 5.26 Å². The van der Waals surface area contributed by atoms with Gasteiger partial charge in [0.1, 0.15) is 17.4 Å². The number of nitrogens with zero attached hydrogens (tertiary/aromatic N) is 1. The third-order valence-electron chi connectivity index (χ3n) is 4.50. The zero-order chi connectivity index (χ0) is 22.4. The minimum atomic E-state index is -0.514. The molecule has 0 bridgehead atoms. The second-order valence-electron chi connectivity index (χ2n) is 6.58. The lowest BCUT2D eigenvalue weighted by Crippen LogP contribution is -2.13. The molecule has 1 amide bonds. The van der Waals surface area contributed by atoms with Gasteiger partial charge < -0.3 is 10.1 Å². The average Bonchev–Trinajstić information content (AvgIpc) is 2.76. The predicted octanol–water partition coefficient (Wildman–Crippen LogP) is 6.90. The highest BCUT2D eigenvalue weighted by Gasteiger charge is 2.14. The summed E-state index contributed by atoms with van der Waals surface area (Å²) < 4.78 is 6.35. The number of nitrogens with one attached hydrogen (secondary N) is 1. The van der Waals surface area contributed by atoms with E-state index >= 15 is 0 Å². The van der Waals surface area contributed by atoms with Crippen LogP contribution < -0.4 is 10.1 Å². The van der Waals surface area contributed by atoms with Crippen molar-refractivity contribution < 1.29 is 9.53 Å². The van der Waals surface area contributed by atoms with Crippen molar-refractivity contribution in [2.45, 2.75) is 6.42 Å². The lowest BCUT2D eigenvalue weighted by molar-refractivity contribution is -0.112. The summed E-state index contributed by atoms with van der Waals surface area (Å²) in [4.78, 5) is 12.5. The molecule has 3 rings (SSSR count). The lowest BCUT2D eigenvalue weighted by atomic mass is 10.0. The van der Waals surface area contributed by atoms with Crippen LogP contribution in [0.5, 0.6) is 5.75 Å². The van der Waals surface area contributed by atoms with E-state index in [1.54, 1.807) is 37.4 Å². The van der Waals surface area contributed by atoms with E-state index < -0.39 is 5.91 Å². The number of anilines is 1. The van der Waals surface area contributed by atoms with Gasteiger partial charge in [-0.15, -0.1) is 0 Å². The molecular formula is C24H17BrCl2N2O2. The molecule has 3 aromatic rings. The van der Waals surface area contributed by atoms with Crippen LogP contribution in [0.4, 0.5) is 5.69 Å². The van der Waals surface area contributed by atoms with E-state index in [2.05, 4.69) is 21.2 Å². The average molecular weight is 516 g/mol. The number of hydrogen-bond acceptors (Lipinski definition) is 3. The molecule has 7 heteroatoms. The fourth-order valence-corrected chi connectivity index (χ4v) is 3.88. The van der Waals surface area contributed by atoms with E-state index in [0.717, 1.165) is 15.6 Å². The van der Waals surface area contributed by atoms with Crippen molar-refractivity contribution in [3.05, 3.63) is 97.4 Å². The highest BCUT2D eigenvalue weighted by atomic mass is 79.9. The van der Waals surface area contributed by atoms with Crippen molar-refractivity contribution in [1.29, 1.82) is 5.26 Å². The van der Waals surface area contributed by atoms with Crippen molar-refractivity contribution in [3.63, 3.8) is 0 Å². The third kappa shape index (κ3) is 5.89. The summed E-state index contributed by atoms with van der Waals surface area (Å²) in [6, 6.07) is 19.8. The summed E-state index contributed by atoms with van der Waals surface area (Å²) in [5, 5.41) is 13.4. The standard InChI is InChI=1S/C24H17BrCl2N2O2/c1-31-23-12-15(11-21(25)20(23)13-16-4-2-3-5-22(16)27)10-17(14-28)24(30)29-19-8-6-18(26)7-9-19/h2-12H,13H2,1H3,(H,29,30)/b17-10+. The molecular weight excluding hydrogens is 499 g/mol.